The molecule has 3 N–H and O–H groups in total. The van der Waals surface area contributed by atoms with E-state index in [0.29, 0.717) is 6.54 Å². The summed E-state index contributed by atoms with van der Waals surface area (Å²) in [5.41, 5.74) is 8.04. The van der Waals surface area contributed by atoms with E-state index in [0.717, 1.165) is 23.3 Å². The summed E-state index contributed by atoms with van der Waals surface area (Å²) in [6.07, 6.45) is 2.72. The second-order valence-corrected chi connectivity index (χ2v) is 4.99. The first kappa shape index (κ1) is 13.1. The maximum Gasteiger partial charge on any atom is 0.126 e. The first-order chi connectivity index (χ1) is 8.78. The lowest BCUT2D eigenvalue weighted by molar-refractivity contribution is 0.965. The van der Waals surface area contributed by atoms with Crippen LogP contribution in [0.25, 0.3) is 0 Å². The number of aromatic nitrogens is 1. The lowest BCUT2D eigenvalue weighted by Crippen LogP contribution is -2.04. The van der Waals surface area contributed by atoms with Gasteiger partial charge in [-0.15, -0.1) is 0 Å². The Morgan fingerprint density at radius 1 is 1.06 bits per heavy atom. The molecule has 0 amide bonds. The van der Waals surface area contributed by atoms with E-state index >= 15 is 0 Å². The average Bonchev–Trinajstić information content (AvgIpc) is 2.40. The van der Waals surface area contributed by atoms with Gasteiger partial charge in [0, 0.05) is 17.2 Å². The van der Waals surface area contributed by atoms with Gasteiger partial charge in [-0.2, -0.15) is 0 Å². The van der Waals surface area contributed by atoms with Crippen molar-refractivity contribution < 1.29 is 0 Å². The summed E-state index contributed by atoms with van der Waals surface area (Å²) in [6.45, 7) is 1.47. The van der Waals surface area contributed by atoms with Gasteiger partial charge in [0.2, 0.25) is 0 Å². The van der Waals surface area contributed by atoms with Gasteiger partial charge in [-0.25, -0.2) is 4.98 Å². The van der Waals surface area contributed by atoms with Crippen LogP contribution in [0.4, 0.5) is 5.82 Å². The third kappa shape index (κ3) is 3.82. The zero-order valence-electron chi connectivity index (χ0n) is 10.1. The monoisotopic (exact) mass is 305 g/mol. The van der Waals surface area contributed by atoms with Crippen molar-refractivity contribution in [3.05, 3.63) is 58.2 Å². The summed E-state index contributed by atoms with van der Waals surface area (Å²) < 4.78 is 0.985. The van der Waals surface area contributed by atoms with E-state index in [1.165, 1.54) is 11.1 Å². The van der Waals surface area contributed by atoms with Gasteiger partial charge in [0.1, 0.15) is 5.82 Å². The molecule has 0 bridgehead atoms. The second kappa shape index (κ2) is 6.52. The van der Waals surface area contributed by atoms with Gasteiger partial charge >= 0.3 is 0 Å². The van der Waals surface area contributed by atoms with Crippen molar-refractivity contribution in [2.45, 2.75) is 13.0 Å². The highest BCUT2D eigenvalue weighted by atomic mass is 79.9. The molecule has 0 atom stereocenters. The molecule has 0 fully saturated rings. The van der Waals surface area contributed by atoms with Gasteiger partial charge in [-0.05, 0) is 52.2 Å². The van der Waals surface area contributed by atoms with Crippen LogP contribution in [0.2, 0.25) is 0 Å². The SMILES string of the molecule is NCCc1ccc(CNc2ccc(Br)cn2)cc1. The van der Waals surface area contributed by atoms with E-state index in [1.54, 1.807) is 6.20 Å². The van der Waals surface area contributed by atoms with Crippen LogP contribution in [0.5, 0.6) is 0 Å². The van der Waals surface area contributed by atoms with E-state index in [4.69, 9.17) is 5.73 Å². The van der Waals surface area contributed by atoms with Gasteiger partial charge in [-0.1, -0.05) is 24.3 Å². The fourth-order valence-corrected chi connectivity index (χ4v) is 1.90. The Labute approximate surface area is 116 Å². The van der Waals surface area contributed by atoms with Crippen LogP contribution < -0.4 is 11.1 Å². The maximum atomic E-state index is 5.52. The molecule has 0 radical (unpaired) electrons. The standard InChI is InChI=1S/C14H16BrN3/c15-13-5-6-14(18-10-13)17-9-12-3-1-11(2-4-12)7-8-16/h1-6,10H,7-9,16H2,(H,17,18). The maximum absolute atomic E-state index is 5.52. The molecule has 1 aromatic heterocycles. The summed E-state index contributed by atoms with van der Waals surface area (Å²) in [7, 11) is 0. The lowest BCUT2D eigenvalue weighted by Gasteiger charge is -2.06. The van der Waals surface area contributed by atoms with Gasteiger partial charge < -0.3 is 11.1 Å². The van der Waals surface area contributed by atoms with Crippen molar-refractivity contribution in [1.82, 2.24) is 4.98 Å². The van der Waals surface area contributed by atoms with Crippen LogP contribution >= 0.6 is 15.9 Å². The molecular weight excluding hydrogens is 290 g/mol. The number of rotatable bonds is 5. The molecule has 0 aliphatic carbocycles. The van der Waals surface area contributed by atoms with Gasteiger partial charge in [0.15, 0.2) is 0 Å². The minimum atomic E-state index is 0.695. The third-order valence-corrected chi connectivity index (χ3v) is 3.13. The molecular formula is C14H16BrN3. The minimum absolute atomic E-state index is 0.695. The predicted octanol–water partition coefficient (Wildman–Crippen LogP) is 2.96. The van der Waals surface area contributed by atoms with Crippen LogP contribution in [0, 0.1) is 0 Å². The highest BCUT2D eigenvalue weighted by Crippen LogP contribution is 2.12. The molecule has 0 unspecified atom stereocenters. The Morgan fingerprint density at radius 2 is 1.78 bits per heavy atom. The molecule has 0 spiro atoms. The van der Waals surface area contributed by atoms with E-state index in [-0.39, 0.29) is 0 Å². The molecule has 4 heteroatoms. The number of nitrogens with two attached hydrogens (primary N) is 1. The zero-order chi connectivity index (χ0) is 12.8. The number of benzene rings is 1. The van der Waals surface area contributed by atoms with E-state index in [1.807, 2.05) is 12.1 Å². The third-order valence-electron chi connectivity index (χ3n) is 2.66. The highest BCUT2D eigenvalue weighted by Gasteiger charge is 1.96. The first-order valence-electron chi connectivity index (χ1n) is 5.91. The van der Waals surface area contributed by atoms with Crippen molar-refractivity contribution >= 4 is 21.7 Å². The first-order valence-corrected chi connectivity index (χ1v) is 6.70. The summed E-state index contributed by atoms with van der Waals surface area (Å²) >= 11 is 3.36. The van der Waals surface area contributed by atoms with Crippen molar-refractivity contribution in [2.75, 3.05) is 11.9 Å². The average molecular weight is 306 g/mol. The second-order valence-electron chi connectivity index (χ2n) is 4.07. The van der Waals surface area contributed by atoms with Crippen LogP contribution in [0.1, 0.15) is 11.1 Å². The summed E-state index contributed by atoms with van der Waals surface area (Å²) in [4.78, 5) is 4.27. The number of nitrogens with zero attached hydrogens (tertiary/aromatic N) is 1. The Bertz CT molecular complexity index is 479. The fraction of sp³-hybridized carbons (Fsp3) is 0.214. The largest absolute Gasteiger partial charge is 0.366 e. The molecule has 2 rings (SSSR count). The van der Waals surface area contributed by atoms with Crippen LogP contribution in [0.3, 0.4) is 0 Å². The molecule has 0 saturated carbocycles. The van der Waals surface area contributed by atoms with Gasteiger partial charge in [-0.3, -0.25) is 0 Å². The van der Waals surface area contributed by atoms with Gasteiger partial charge in [0.25, 0.3) is 0 Å². The number of pyridine rings is 1. The van der Waals surface area contributed by atoms with Crippen LogP contribution in [-0.2, 0) is 13.0 Å². The quantitative estimate of drug-likeness (QED) is 0.893. The number of hydrogen-bond acceptors (Lipinski definition) is 3. The van der Waals surface area contributed by atoms with Crippen molar-refractivity contribution in [3.63, 3.8) is 0 Å². The number of anilines is 1. The number of nitrogens with one attached hydrogen (secondary N) is 1. The zero-order valence-corrected chi connectivity index (χ0v) is 11.7. The summed E-state index contributed by atoms with van der Waals surface area (Å²) in [5, 5.41) is 3.28. The van der Waals surface area contributed by atoms with Crippen molar-refractivity contribution in [1.29, 1.82) is 0 Å². The molecule has 1 heterocycles. The molecule has 1 aromatic carbocycles. The molecule has 2 aromatic rings. The van der Waals surface area contributed by atoms with Crippen molar-refractivity contribution in [2.24, 2.45) is 5.73 Å². The molecule has 3 nitrogen and oxygen atoms in total. The molecule has 0 aliphatic rings. The molecule has 0 aliphatic heterocycles. The summed E-state index contributed by atoms with van der Waals surface area (Å²) in [5.74, 6) is 0.879. The fourth-order valence-electron chi connectivity index (χ4n) is 1.66. The highest BCUT2D eigenvalue weighted by molar-refractivity contribution is 9.10. The van der Waals surface area contributed by atoms with Crippen LogP contribution in [0.15, 0.2) is 47.1 Å². The Hall–Kier alpha value is -1.39. The topological polar surface area (TPSA) is 50.9 Å². The Balaban J connectivity index is 1.91. The molecule has 18 heavy (non-hydrogen) atoms. The smallest absolute Gasteiger partial charge is 0.126 e. The number of halogens is 1. The predicted molar refractivity (Wildman–Crippen MR) is 78.5 cm³/mol. The van der Waals surface area contributed by atoms with Gasteiger partial charge in [0.05, 0.1) is 0 Å². The van der Waals surface area contributed by atoms with Crippen LogP contribution in [-0.4, -0.2) is 11.5 Å². The minimum Gasteiger partial charge on any atom is -0.366 e. The van der Waals surface area contributed by atoms with Crippen molar-refractivity contribution in [3.8, 4) is 0 Å². The van der Waals surface area contributed by atoms with E-state index in [2.05, 4.69) is 50.5 Å². The molecule has 94 valence electrons. The Kier molecular flexibility index (Phi) is 4.73. The summed E-state index contributed by atoms with van der Waals surface area (Å²) in [6, 6.07) is 12.4. The van der Waals surface area contributed by atoms with E-state index in [9.17, 15) is 0 Å². The lowest BCUT2D eigenvalue weighted by atomic mass is 10.1. The Morgan fingerprint density at radius 3 is 2.39 bits per heavy atom. The van der Waals surface area contributed by atoms with E-state index < -0.39 is 0 Å². The molecule has 0 saturated heterocycles. The normalized spacial score (nSPS) is 10.3. The number of hydrogen-bond donors (Lipinski definition) is 2.